The molecule has 1 aliphatic heterocycles. The fourth-order valence-electron chi connectivity index (χ4n) is 4.01. The van der Waals surface area contributed by atoms with E-state index in [4.69, 9.17) is 0 Å². The highest BCUT2D eigenvalue weighted by Crippen LogP contribution is 2.42. The number of halogens is 2. The lowest BCUT2D eigenvalue weighted by Gasteiger charge is -2.29. The third kappa shape index (κ3) is 5.73. The molecule has 1 heterocycles. The van der Waals surface area contributed by atoms with Crippen LogP contribution in [0.4, 0.5) is 8.78 Å². The Morgan fingerprint density at radius 1 is 0.914 bits per heavy atom. The van der Waals surface area contributed by atoms with Gasteiger partial charge in [0.2, 0.25) is 5.91 Å². The average Bonchev–Trinajstić information content (AvgIpc) is 3.28. The van der Waals surface area contributed by atoms with Gasteiger partial charge in [-0.25, -0.2) is 8.78 Å². The molecule has 2 unspecified atom stereocenters. The number of nitrogens with one attached hydrogen (secondary N) is 1. The Kier molecular flexibility index (Phi) is 7.26. The lowest BCUT2D eigenvalue weighted by molar-refractivity contribution is -0.125. The van der Waals surface area contributed by atoms with Gasteiger partial charge in [0, 0.05) is 17.9 Å². The van der Waals surface area contributed by atoms with Crippen molar-refractivity contribution < 1.29 is 18.4 Å². The first kappa shape index (κ1) is 24.9. The summed E-state index contributed by atoms with van der Waals surface area (Å²) in [7, 11) is 0. The van der Waals surface area contributed by atoms with Crippen LogP contribution >= 0.6 is 11.8 Å². The summed E-state index contributed by atoms with van der Waals surface area (Å²) in [6.45, 7) is 6.64. The number of carbonyl (C=O) groups excluding carboxylic acids is 2. The van der Waals surface area contributed by atoms with Gasteiger partial charge in [-0.2, -0.15) is 0 Å². The van der Waals surface area contributed by atoms with E-state index in [9.17, 15) is 18.4 Å². The number of carbonyl (C=O) groups is 2. The number of rotatable bonds is 5. The van der Waals surface area contributed by atoms with Gasteiger partial charge in [0.1, 0.15) is 23.1 Å². The molecule has 0 bridgehead atoms. The van der Waals surface area contributed by atoms with Crippen LogP contribution in [0.5, 0.6) is 0 Å². The monoisotopic (exact) mass is 494 g/mol. The predicted molar refractivity (Wildman–Crippen MR) is 135 cm³/mol. The van der Waals surface area contributed by atoms with Crippen molar-refractivity contribution in [3.63, 3.8) is 0 Å². The maximum atomic E-state index is 13.6. The topological polar surface area (TPSA) is 49.4 Å². The van der Waals surface area contributed by atoms with E-state index in [2.05, 4.69) is 38.2 Å². The Balaban J connectivity index is 1.60. The number of hydrogen-bond acceptors (Lipinski definition) is 3. The maximum Gasteiger partial charge on any atom is 0.255 e. The quantitative estimate of drug-likeness (QED) is 0.485. The van der Waals surface area contributed by atoms with E-state index in [1.54, 1.807) is 17.0 Å². The second kappa shape index (κ2) is 10.2. The highest BCUT2D eigenvalue weighted by atomic mass is 32.2. The van der Waals surface area contributed by atoms with Crippen molar-refractivity contribution in [2.75, 3.05) is 5.75 Å². The second-order valence-electron chi connectivity index (χ2n) is 9.64. The second-order valence-corrected chi connectivity index (χ2v) is 10.8. The number of nitrogens with zero attached hydrogens (tertiary/aromatic N) is 1. The first-order valence-corrected chi connectivity index (χ1v) is 12.5. The van der Waals surface area contributed by atoms with E-state index >= 15 is 0 Å². The molecular formula is C28H28F2N2O2S. The van der Waals surface area contributed by atoms with Crippen LogP contribution in [0.3, 0.4) is 0 Å². The molecule has 7 heteroatoms. The van der Waals surface area contributed by atoms with Crippen molar-refractivity contribution in [3.8, 4) is 0 Å². The molecule has 3 aromatic carbocycles. The van der Waals surface area contributed by atoms with Crippen molar-refractivity contribution in [2.24, 2.45) is 0 Å². The van der Waals surface area contributed by atoms with Gasteiger partial charge in [0.05, 0.1) is 0 Å². The summed E-state index contributed by atoms with van der Waals surface area (Å²) < 4.78 is 26.7. The van der Waals surface area contributed by atoms with Gasteiger partial charge in [-0.05, 0) is 58.5 Å². The van der Waals surface area contributed by atoms with Crippen LogP contribution in [0.1, 0.15) is 53.2 Å². The zero-order valence-electron chi connectivity index (χ0n) is 19.9. The van der Waals surface area contributed by atoms with Gasteiger partial charge < -0.3 is 10.2 Å². The van der Waals surface area contributed by atoms with Crippen LogP contribution in [0.2, 0.25) is 0 Å². The van der Waals surface area contributed by atoms with Crippen molar-refractivity contribution >= 4 is 23.6 Å². The van der Waals surface area contributed by atoms with Crippen molar-refractivity contribution in [2.45, 2.75) is 44.1 Å². The minimum atomic E-state index is -0.703. The normalized spacial score (nSPS) is 17.9. The first-order valence-electron chi connectivity index (χ1n) is 11.5. The molecular weight excluding hydrogens is 466 g/mol. The zero-order chi connectivity index (χ0) is 25.2. The molecule has 0 spiro atoms. The van der Waals surface area contributed by atoms with Crippen LogP contribution in [-0.4, -0.2) is 28.5 Å². The zero-order valence-corrected chi connectivity index (χ0v) is 20.7. The Labute approximate surface area is 208 Å². The van der Waals surface area contributed by atoms with Crippen LogP contribution < -0.4 is 5.32 Å². The van der Waals surface area contributed by atoms with Gasteiger partial charge in [0.25, 0.3) is 5.91 Å². The Morgan fingerprint density at radius 2 is 1.49 bits per heavy atom. The van der Waals surface area contributed by atoms with Gasteiger partial charge in [-0.15, -0.1) is 11.8 Å². The van der Waals surface area contributed by atoms with Gasteiger partial charge >= 0.3 is 0 Å². The summed E-state index contributed by atoms with van der Waals surface area (Å²) >= 11 is 1.52. The van der Waals surface area contributed by atoms with Gasteiger partial charge in [-0.3, -0.25) is 9.59 Å². The largest absolute Gasteiger partial charge is 0.350 e. The van der Waals surface area contributed by atoms with Crippen molar-refractivity contribution in [1.29, 1.82) is 0 Å². The predicted octanol–water partition coefficient (Wildman–Crippen LogP) is 5.84. The van der Waals surface area contributed by atoms with E-state index in [1.165, 1.54) is 53.7 Å². The van der Waals surface area contributed by atoms with E-state index in [1.807, 2.05) is 12.1 Å². The number of hydrogen-bond donors (Lipinski definition) is 1. The highest BCUT2D eigenvalue weighted by Gasteiger charge is 2.42. The lowest BCUT2D eigenvalue weighted by atomic mass is 9.86. The maximum absolute atomic E-state index is 13.6. The molecule has 3 aromatic rings. The van der Waals surface area contributed by atoms with Crippen molar-refractivity contribution in [1.82, 2.24) is 10.2 Å². The first-order chi connectivity index (χ1) is 16.6. The molecule has 0 aliphatic carbocycles. The Morgan fingerprint density at radius 3 is 2.06 bits per heavy atom. The van der Waals surface area contributed by atoms with Crippen molar-refractivity contribution in [3.05, 3.63) is 107 Å². The minimum absolute atomic E-state index is 0.00621. The van der Waals surface area contributed by atoms with Gasteiger partial charge in [-0.1, -0.05) is 57.2 Å². The van der Waals surface area contributed by atoms with Gasteiger partial charge in [0.15, 0.2) is 0 Å². The molecule has 1 saturated heterocycles. The summed E-state index contributed by atoms with van der Waals surface area (Å²) in [5.41, 5.74) is 3.17. The number of benzene rings is 3. The molecule has 0 radical (unpaired) electrons. The molecule has 4 nitrogen and oxygen atoms in total. The molecule has 0 saturated carbocycles. The molecule has 1 aliphatic rings. The molecule has 0 aromatic heterocycles. The van der Waals surface area contributed by atoms with E-state index in [0.29, 0.717) is 11.3 Å². The minimum Gasteiger partial charge on any atom is -0.350 e. The smallest absolute Gasteiger partial charge is 0.255 e. The summed E-state index contributed by atoms with van der Waals surface area (Å²) in [6.07, 6.45) is 0. The van der Waals surface area contributed by atoms with E-state index in [-0.39, 0.29) is 35.0 Å². The summed E-state index contributed by atoms with van der Waals surface area (Å²) in [4.78, 5) is 28.3. The molecule has 4 rings (SSSR count). The lowest BCUT2D eigenvalue weighted by Crippen LogP contribution is -2.47. The standard InChI is InChI=1S/C28H28F2N2O2S/c1-28(2,3)21-10-6-20(7-11-21)27-32(26(34)19-8-14-23(30)15-9-19)24(17-35-27)25(33)31-16-18-4-12-22(29)13-5-18/h4-15,24,27H,16-17H2,1-3H3,(H,31,33). The van der Waals surface area contributed by atoms with Crippen LogP contribution in [0.25, 0.3) is 0 Å². The molecule has 182 valence electrons. The summed E-state index contributed by atoms with van der Waals surface area (Å²) in [5, 5.41) is 2.52. The average molecular weight is 495 g/mol. The third-order valence-electron chi connectivity index (χ3n) is 6.07. The fraction of sp³-hybridized carbons (Fsp3) is 0.286. The Hall–Kier alpha value is -3.19. The fourth-order valence-corrected chi connectivity index (χ4v) is 5.44. The number of amides is 2. The van der Waals surface area contributed by atoms with Crippen LogP contribution in [0.15, 0.2) is 72.8 Å². The number of thioether (sulfide) groups is 1. The Bertz CT molecular complexity index is 1190. The van der Waals surface area contributed by atoms with E-state index in [0.717, 1.165) is 11.1 Å². The molecule has 2 atom stereocenters. The van der Waals surface area contributed by atoms with Crippen LogP contribution in [-0.2, 0) is 16.8 Å². The SMILES string of the molecule is CC(C)(C)c1ccc(C2SCC(C(=O)NCc3ccc(F)cc3)N2C(=O)c2ccc(F)cc2)cc1. The van der Waals surface area contributed by atoms with Crippen LogP contribution in [0, 0.1) is 11.6 Å². The summed E-state index contributed by atoms with van der Waals surface area (Å²) in [6, 6.07) is 18.7. The van der Waals surface area contributed by atoms with E-state index < -0.39 is 11.9 Å². The highest BCUT2D eigenvalue weighted by molar-refractivity contribution is 7.99. The molecule has 1 fully saturated rings. The summed E-state index contributed by atoms with van der Waals surface area (Å²) in [5.74, 6) is -0.967. The molecule has 2 amide bonds. The molecule has 1 N–H and O–H groups in total. The third-order valence-corrected chi connectivity index (χ3v) is 7.39. The molecule has 35 heavy (non-hydrogen) atoms.